The smallest absolute Gasteiger partial charge is 0.321 e. The van der Waals surface area contributed by atoms with Gasteiger partial charge in [-0.2, -0.15) is 0 Å². The monoisotopic (exact) mass is 336 g/mol. The molecule has 0 spiro atoms. The summed E-state index contributed by atoms with van der Waals surface area (Å²) < 4.78 is 5.24. The molecule has 1 rings (SSSR count). The second-order valence-electron chi connectivity index (χ2n) is 7.40. The molecule has 1 aliphatic heterocycles. The van der Waals surface area contributed by atoms with E-state index in [2.05, 4.69) is 19.9 Å². The molecule has 24 heavy (non-hydrogen) atoms. The molecule has 0 aromatic carbocycles. The van der Waals surface area contributed by atoms with Crippen LogP contribution < -0.4 is 0 Å². The van der Waals surface area contributed by atoms with E-state index >= 15 is 0 Å². The molecule has 1 aliphatic rings. The van der Waals surface area contributed by atoms with Crippen molar-refractivity contribution >= 4 is 5.97 Å². The van der Waals surface area contributed by atoms with Crippen molar-refractivity contribution in [2.24, 2.45) is 5.92 Å². The fourth-order valence-electron chi connectivity index (χ4n) is 3.41. The van der Waals surface area contributed by atoms with Crippen LogP contribution >= 0.6 is 0 Å². The van der Waals surface area contributed by atoms with Gasteiger partial charge in [0.1, 0.15) is 11.7 Å². The van der Waals surface area contributed by atoms with Gasteiger partial charge in [0.25, 0.3) is 0 Å². The summed E-state index contributed by atoms with van der Waals surface area (Å²) >= 11 is 0. The standard InChI is InChI=1S/C22H40O2/c1-3-5-7-9-11-13-15-17-19-21-20(22(23)24-21)18-16-14-12-10-8-6-4-2/h19-20H,3-18H2,1-2H3. The van der Waals surface area contributed by atoms with Crippen molar-refractivity contribution in [3.8, 4) is 0 Å². The molecule has 2 nitrogen and oxygen atoms in total. The first-order chi connectivity index (χ1) is 11.8. The molecular formula is C22H40O2. The van der Waals surface area contributed by atoms with Crippen LogP contribution in [-0.2, 0) is 9.53 Å². The minimum absolute atomic E-state index is 0.00630. The first kappa shape index (κ1) is 21.3. The summed E-state index contributed by atoms with van der Waals surface area (Å²) in [6, 6.07) is 0. The highest BCUT2D eigenvalue weighted by atomic mass is 16.6. The van der Waals surface area contributed by atoms with Crippen LogP contribution in [0.25, 0.3) is 0 Å². The Morgan fingerprint density at radius 3 is 1.79 bits per heavy atom. The Hall–Kier alpha value is -0.790. The lowest BCUT2D eigenvalue weighted by atomic mass is 9.93. The summed E-state index contributed by atoms with van der Waals surface area (Å²) in [6.45, 7) is 4.51. The van der Waals surface area contributed by atoms with Crippen molar-refractivity contribution in [1.29, 1.82) is 0 Å². The maximum atomic E-state index is 11.6. The van der Waals surface area contributed by atoms with Gasteiger partial charge in [0.2, 0.25) is 0 Å². The Morgan fingerprint density at radius 1 is 0.750 bits per heavy atom. The van der Waals surface area contributed by atoms with Gasteiger partial charge in [-0.3, -0.25) is 4.79 Å². The highest BCUT2D eigenvalue weighted by molar-refractivity contribution is 5.82. The Labute approximate surface area is 150 Å². The number of hydrogen-bond acceptors (Lipinski definition) is 2. The van der Waals surface area contributed by atoms with E-state index in [1.54, 1.807) is 0 Å². The lowest BCUT2D eigenvalue weighted by Gasteiger charge is -2.28. The number of esters is 1. The number of hydrogen-bond donors (Lipinski definition) is 0. The van der Waals surface area contributed by atoms with Gasteiger partial charge in [-0.1, -0.05) is 97.3 Å². The zero-order chi connectivity index (χ0) is 17.5. The third-order valence-corrected chi connectivity index (χ3v) is 5.10. The zero-order valence-electron chi connectivity index (χ0n) is 16.3. The Balaban J connectivity index is 2.01. The fourth-order valence-corrected chi connectivity index (χ4v) is 3.41. The van der Waals surface area contributed by atoms with Crippen LogP contribution in [0, 0.1) is 5.92 Å². The van der Waals surface area contributed by atoms with Crippen molar-refractivity contribution in [3.63, 3.8) is 0 Å². The van der Waals surface area contributed by atoms with E-state index in [1.807, 2.05) is 0 Å². The summed E-state index contributed by atoms with van der Waals surface area (Å²) in [5.41, 5.74) is 0. The molecule has 0 bridgehead atoms. The Morgan fingerprint density at radius 2 is 1.25 bits per heavy atom. The molecule has 0 amide bonds. The van der Waals surface area contributed by atoms with Crippen LogP contribution in [0.2, 0.25) is 0 Å². The van der Waals surface area contributed by atoms with E-state index < -0.39 is 0 Å². The van der Waals surface area contributed by atoms with Gasteiger partial charge in [0.15, 0.2) is 0 Å². The summed E-state index contributed by atoms with van der Waals surface area (Å²) in [7, 11) is 0. The average Bonchev–Trinajstić information content (AvgIpc) is 2.58. The normalized spacial score (nSPS) is 18.7. The van der Waals surface area contributed by atoms with Crippen molar-refractivity contribution < 1.29 is 9.53 Å². The molecule has 140 valence electrons. The molecular weight excluding hydrogens is 296 g/mol. The number of rotatable bonds is 16. The van der Waals surface area contributed by atoms with Gasteiger partial charge in [-0.15, -0.1) is 0 Å². The quantitative estimate of drug-likeness (QED) is 0.218. The zero-order valence-corrected chi connectivity index (χ0v) is 16.3. The molecule has 0 saturated carbocycles. The topological polar surface area (TPSA) is 26.3 Å². The third kappa shape index (κ3) is 9.49. The van der Waals surface area contributed by atoms with Crippen LogP contribution in [0.1, 0.15) is 117 Å². The molecule has 1 saturated heterocycles. The predicted molar refractivity (Wildman–Crippen MR) is 103 cm³/mol. The van der Waals surface area contributed by atoms with Crippen molar-refractivity contribution in [2.45, 2.75) is 117 Å². The van der Waals surface area contributed by atoms with Gasteiger partial charge >= 0.3 is 5.97 Å². The number of allylic oxidation sites excluding steroid dienone is 1. The fraction of sp³-hybridized carbons (Fsp3) is 0.864. The molecule has 0 aromatic heterocycles. The van der Waals surface area contributed by atoms with E-state index in [4.69, 9.17) is 4.74 Å². The Kier molecular flexibility index (Phi) is 12.9. The highest BCUT2D eigenvalue weighted by Gasteiger charge is 2.36. The number of cyclic esters (lactones) is 1. The second kappa shape index (κ2) is 14.5. The maximum absolute atomic E-state index is 11.6. The second-order valence-corrected chi connectivity index (χ2v) is 7.40. The van der Waals surface area contributed by atoms with Crippen LogP contribution in [0.3, 0.4) is 0 Å². The van der Waals surface area contributed by atoms with Crippen molar-refractivity contribution in [1.82, 2.24) is 0 Å². The highest BCUT2D eigenvalue weighted by Crippen LogP contribution is 2.32. The van der Waals surface area contributed by atoms with E-state index in [9.17, 15) is 4.79 Å². The first-order valence-electron chi connectivity index (χ1n) is 10.7. The van der Waals surface area contributed by atoms with Crippen molar-refractivity contribution in [3.05, 3.63) is 11.8 Å². The van der Waals surface area contributed by atoms with E-state index in [0.717, 1.165) is 18.6 Å². The van der Waals surface area contributed by atoms with Crippen LogP contribution in [0.4, 0.5) is 0 Å². The van der Waals surface area contributed by atoms with Gasteiger partial charge < -0.3 is 4.74 Å². The lowest BCUT2D eigenvalue weighted by Crippen LogP contribution is -2.32. The number of carbonyl (C=O) groups is 1. The van der Waals surface area contributed by atoms with Gasteiger partial charge in [-0.05, 0) is 25.3 Å². The van der Waals surface area contributed by atoms with Gasteiger partial charge in [0, 0.05) is 0 Å². The molecule has 0 aromatic rings. The van der Waals surface area contributed by atoms with E-state index in [-0.39, 0.29) is 11.9 Å². The number of unbranched alkanes of at least 4 members (excludes halogenated alkanes) is 13. The summed E-state index contributed by atoms with van der Waals surface area (Å²) in [5.74, 6) is 1.06. The van der Waals surface area contributed by atoms with Crippen LogP contribution in [0.5, 0.6) is 0 Å². The maximum Gasteiger partial charge on any atom is 0.321 e. The average molecular weight is 337 g/mol. The predicted octanol–water partition coefficient (Wildman–Crippen LogP) is 7.32. The first-order valence-corrected chi connectivity index (χ1v) is 10.7. The molecule has 1 unspecified atom stereocenters. The van der Waals surface area contributed by atoms with Crippen molar-refractivity contribution in [2.75, 3.05) is 0 Å². The summed E-state index contributed by atoms with van der Waals surface area (Å²) in [5, 5.41) is 0. The van der Waals surface area contributed by atoms with Crippen LogP contribution in [0.15, 0.2) is 11.8 Å². The molecule has 1 atom stereocenters. The minimum atomic E-state index is 0.00630. The minimum Gasteiger partial charge on any atom is -0.430 e. The lowest BCUT2D eigenvalue weighted by molar-refractivity contribution is -0.157. The van der Waals surface area contributed by atoms with Crippen LogP contribution in [-0.4, -0.2) is 5.97 Å². The third-order valence-electron chi connectivity index (χ3n) is 5.10. The largest absolute Gasteiger partial charge is 0.430 e. The SMILES string of the molecule is CCCCCCCCCC=C1OC(=O)C1CCCCCCCCC. The van der Waals surface area contributed by atoms with E-state index in [1.165, 1.54) is 89.9 Å². The molecule has 0 N–H and O–H groups in total. The van der Waals surface area contributed by atoms with Gasteiger partial charge in [-0.25, -0.2) is 0 Å². The Bertz CT molecular complexity index is 346. The summed E-state index contributed by atoms with van der Waals surface area (Å²) in [6.07, 6.45) is 22.7. The summed E-state index contributed by atoms with van der Waals surface area (Å²) in [4.78, 5) is 11.6. The molecule has 1 heterocycles. The molecule has 2 heteroatoms. The molecule has 0 aliphatic carbocycles. The number of ether oxygens (including phenoxy) is 1. The molecule has 0 radical (unpaired) electrons. The van der Waals surface area contributed by atoms with E-state index in [0.29, 0.717) is 0 Å². The molecule has 1 fully saturated rings. The number of carbonyl (C=O) groups excluding carboxylic acids is 1. The van der Waals surface area contributed by atoms with Gasteiger partial charge in [0.05, 0.1) is 0 Å².